The second-order valence-electron chi connectivity index (χ2n) is 6.00. The Morgan fingerprint density at radius 3 is 2.39 bits per heavy atom. The Balaban J connectivity index is 2.58. The van der Waals surface area contributed by atoms with Crippen LogP contribution in [0.4, 0.5) is 0 Å². The standard InChI is InChI=1S/C16H31NO/c1-5-7-8-10-15-12-11-14(9-6-2)16(13(3)18)17(15)4/h14-16H,5-12H2,1-4H3. The zero-order chi connectivity index (χ0) is 13.5. The number of carbonyl (C=O) groups excluding carboxylic acids is 1. The molecule has 106 valence electrons. The highest BCUT2D eigenvalue weighted by molar-refractivity contribution is 5.81. The monoisotopic (exact) mass is 253 g/mol. The molecule has 0 aromatic carbocycles. The Hall–Kier alpha value is -0.370. The van der Waals surface area contributed by atoms with Gasteiger partial charge in [0, 0.05) is 6.04 Å². The average Bonchev–Trinajstić information content (AvgIpc) is 2.32. The van der Waals surface area contributed by atoms with Crippen molar-refractivity contribution < 1.29 is 4.79 Å². The van der Waals surface area contributed by atoms with E-state index in [1.165, 1.54) is 51.4 Å². The minimum atomic E-state index is 0.185. The third-order valence-corrected chi connectivity index (χ3v) is 4.55. The van der Waals surface area contributed by atoms with Crippen molar-refractivity contribution in [2.45, 2.75) is 84.2 Å². The number of carbonyl (C=O) groups is 1. The molecule has 0 amide bonds. The van der Waals surface area contributed by atoms with E-state index >= 15 is 0 Å². The maximum Gasteiger partial charge on any atom is 0.147 e. The summed E-state index contributed by atoms with van der Waals surface area (Å²) in [5, 5.41) is 0. The first-order chi connectivity index (χ1) is 8.61. The van der Waals surface area contributed by atoms with Crippen LogP contribution in [-0.4, -0.2) is 29.8 Å². The number of piperidine rings is 1. The van der Waals surface area contributed by atoms with Crippen molar-refractivity contribution in [3.63, 3.8) is 0 Å². The summed E-state index contributed by atoms with van der Waals surface area (Å²) in [5.41, 5.74) is 0. The highest BCUT2D eigenvalue weighted by Crippen LogP contribution is 2.32. The molecule has 0 spiro atoms. The lowest BCUT2D eigenvalue weighted by Crippen LogP contribution is -2.52. The summed E-state index contributed by atoms with van der Waals surface area (Å²) in [4.78, 5) is 14.3. The van der Waals surface area contributed by atoms with Gasteiger partial charge in [-0.3, -0.25) is 9.69 Å². The lowest BCUT2D eigenvalue weighted by molar-refractivity contribution is -0.126. The van der Waals surface area contributed by atoms with Crippen molar-refractivity contribution in [1.82, 2.24) is 4.90 Å². The second-order valence-corrected chi connectivity index (χ2v) is 6.00. The number of ketones is 1. The molecule has 0 aliphatic carbocycles. The molecule has 1 fully saturated rings. The molecule has 2 heteroatoms. The topological polar surface area (TPSA) is 20.3 Å². The molecule has 1 aliphatic rings. The number of likely N-dealkylation sites (N-methyl/N-ethyl adjacent to an activating group) is 1. The van der Waals surface area contributed by atoms with Crippen molar-refractivity contribution >= 4 is 5.78 Å². The fourth-order valence-corrected chi connectivity index (χ4v) is 3.60. The molecule has 0 aromatic heterocycles. The van der Waals surface area contributed by atoms with E-state index in [0.29, 0.717) is 17.7 Å². The predicted octanol–water partition coefficient (Wildman–Crippen LogP) is 4.03. The van der Waals surface area contributed by atoms with Crippen LogP contribution in [0.15, 0.2) is 0 Å². The molecule has 0 aromatic rings. The zero-order valence-electron chi connectivity index (χ0n) is 12.7. The molecule has 3 unspecified atom stereocenters. The zero-order valence-corrected chi connectivity index (χ0v) is 12.7. The van der Waals surface area contributed by atoms with Gasteiger partial charge >= 0.3 is 0 Å². The number of likely N-dealkylation sites (tertiary alicyclic amines) is 1. The third-order valence-electron chi connectivity index (χ3n) is 4.55. The van der Waals surface area contributed by atoms with Gasteiger partial charge in [-0.25, -0.2) is 0 Å². The largest absolute Gasteiger partial charge is 0.298 e. The van der Waals surface area contributed by atoms with Crippen LogP contribution in [0.1, 0.15) is 72.1 Å². The number of hydrogen-bond donors (Lipinski definition) is 0. The van der Waals surface area contributed by atoms with Crippen LogP contribution in [0.2, 0.25) is 0 Å². The van der Waals surface area contributed by atoms with E-state index in [9.17, 15) is 4.79 Å². The number of hydrogen-bond acceptors (Lipinski definition) is 2. The molecule has 1 aliphatic heterocycles. The van der Waals surface area contributed by atoms with Crippen molar-refractivity contribution in [2.24, 2.45) is 5.92 Å². The Labute approximate surface area is 113 Å². The number of Topliss-reactive ketones (excluding diaryl/α,β-unsaturated/α-hetero) is 1. The SMILES string of the molecule is CCCCCC1CCC(CCC)C(C(C)=O)N1C. The van der Waals surface area contributed by atoms with Crippen molar-refractivity contribution in [3.05, 3.63) is 0 Å². The van der Waals surface area contributed by atoms with Crippen molar-refractivity contribution in [2.75, 3.05) is 7.05 Å². The maximum absolute atomic E-state index is 11.9. The highest BCUT2D eigenvalue weighted by atomic mass is 16.1. The van der Waals surface area contributed by atoms with Crippen molar-refractivity contribution in [3.8, 4) is 0 Å². The van der Waals surface area contributed by atoms with Crippen LogP contribution in [0.5, 0.6) is 0 Å². The molecule has 2 nitrogen and oxygen atoms in total. The van der Waals surface area contributed by atoms with Crippen LogP contribution >= 0.6 is 0 Å². The molecule has 0 radical (unpaired) electrons. The Morgan fingerprint density at radius 2 is 1.83 bits per heavy atom. The van der Waals surface area contributed by atoms with Crippen LogP contribution in [-0.2, 0) is 4.79 Å². The lowest BCUT2D eigenvalue weighted by Gasteiger charge is -2.43. The predicted molar refractivity (Wildman–Crippen MR) is 77.8 cm³/mol. The van der Waals surface area contributed by atoms with Gasteiger partial charge in [-0.2, -0.15) is 0 Å². The lowest BCUT2D eigenvalue weighted by atomic mass is 9.80. The Morgan fingerprint density at radius 1 is 1.11 bits per heavy atom. The van der Waals surface area contributed by atoms with Gasteiger partial charge in [0.25, 0.3) is 0 Å². The van der Waals surface area contributed by atoms with Gasteiger partial charge in [0.1, 0.15) is 5.78 Å². The third kappa shape index (κ3) is 4.08. The second kappa shape index (κ2) is 7.93. The van der Waals surface area contributed by atoms with Crippen molar-refractivity contribution in [1.29, 1.82) is 0 Å². The summed E-state index contributed by atoms with van der Waals surface area (Å²) in [6.45, 7) is 6.25. The van der Waals surface area contributed by atoms with E-state index in [2.05, 4.69) is 25.8 Å². The summed E-state index contributed by atoms with van der Waals surface area (Å²) < 4.78 is 0. The average molecular weight is 253 g/mol. The minimum absolute atomic E-state index is 0.185. The fraction of sp³-hybridized carbons (Fsp3) is 0.938. The molecule has 18 heavy (non-hydrogen) atoms. The van der Waals surface area contributed by atoms with E-state index in [0.717, 1.165) is 0 Å². The van der Waals surface area contributed by atoms with E-state index in [1.54, 1.807) is 6.92 Å². The smallest absolute Gasteiger partial charge is 0.147 e. The summed E-state index contributed by atoms with van der Waals surface area (Å²) in [5.74, 6) is 0.969. The van der Waals surface area contributed by atoms with Gasteiger partial charge in [-0.05, 0) is 45.6 Å². The molecule has 0 saturated carbocycles. The summed E-state index contributed by atoms with van der Waals surface area (Å²) >= 11 is 0. The summed E-state index contributed by atoms with van der Waals surface area (Å²) in [6, 6.07) is 0.823. The quantitative estimate of drug-likeness (QED) is 0.638. The van der Waals surface area contributed by atoms with Gasteiger partial charge < -0.3 is 0 Å². The molecule has 1 saturated heterocycles. The van der Waals surface area contributed by atoms with E-state index in [1.807, 2.05) is 0 Å². The van der Waals surface area contributed by atoms with Crippen LogP contribution in [0, 0.1) is 5.92 Å². The normalized spacial score (nSPS) is 29.4. The highest BCUT2D eigenvalue weighted by Gasteiger charge is 2.36. The molecule has 3 atom stereocenters. The number of unbranched alkanes of at least 4 members (excludes halogenated alkanes) is 2. The summed E-state index contributed by atoms with van der Waals surface area (Å²) in [7, 11) is 2.17. The molecular formula is C16H31NO. The van der Waals surface area contributed by atoms with E-state index in [-0.39, 0.29) is 6.04 Å². The fourth-order valence-electron chi connectivity index (χ4n) is 3.60. The van der Waals surface area contributed by atoms with Gasteiger partial charge in [0.05, 0.1) is 6.04 Å². The molecule has 0 bridgehead atoms. The molecule has 1 heterocycles. The van der Waals surface area contributed by atoms with Gasteiger partial charge in [-0.15, -0.1) is 0 Å². The first kappa shape index (κ1) is 15.7. The van der Waals surface area contributed by atoms with Crippen LogP contribution in [0.25, 0.3) is 0 Å². The van der Waals surface area contributed by atoms with Gasteiger partial charge in [0.2, 0.25) is 0 Å². The van der Waals surface area contributed by atoms with E-state index < -0.39 is 0 Å². The molecule has 1 rings (SSSR count). The number of rotatable bonds is 7. The number of nitrogens with zero attached hydrogens (tertiary/aromatic N) is 1. The summed E-state index contributed by atoms with van der Waals surface area (Å²) in [6.07, 6.45) is 10.1. The van der Waals surface area contributed by atoms with Gasteiger partial charge in [-0.1, -0.05) is 39.5 Å². The van der Waals surface area contributed by atoms with Crippen LogP contribution < -0.4 is 0 Å². The Kier molecular flexibility index (Phi) is 6.91. The first-order valence-electron chi connectivity index (χ1n) is 7.84. The first-order valence-corrected chi connectivity index (χ1v) is 7.84. The minimum Gasteiger partial charge on any atom is -0.298 e. The van der Waals surface area contributed by atoms with Crippen LogP contribution in [0.3, 0.4) is 0 Å². The molecule has 0 N–H and O–H groups in total. The van der Waals surface area contributed by atoms with Gasteiger partial charge in [0.15, 0.2) is 0 Å². The maximum atomic E-state index is 11.9. The molecular weight excluding hydrogens is 222 g/mol. The van der Waals surface area contributed by atoms with E-state index in [4.69, 9.17) is 0 Å². The Bertz CT molecular complexity index is 251.